The fourth-order valence-corrected chi connectivity index (χ4v) is 3.38. The molecule has 2 aliphatic heterocycles. The molecule has 2 aromatic heterocycles. The molecule has 0 spiro atoms. The predicted molar refractivity (Wildman–Crippen MR) is 101 cm³/mol. The van der Waals surface area contributed by atoms with E-state index in [1.807, 2.05) is 4.90 Å². The predicted octanol–water partition coefficient (Wildman–Crippen LogP) is 1.89. The highest BCUT2D eigenvalue weighted by molar-refractivity contribution is 6.06. The van der Waals surface area contributed by atoms with Crippen LogP contribution in [-0.4, -0.2) is 59.2 Å². The Balaban J connectivity index is 1.57. The summed E-state index contributed by atoms with van der Waals surface area (Å²) in [6.45, 7) is -0.844. The number of nitrogens with zero attached hydrogens (tertiary/aromatic N) is 5. The monoisotopic (exact) mass is 403 g/mol. The van der Waals surface area contributed by atoms with Crippen molar-refractivity contribution in [3.63, 3.8) is 0 Å². The van der Waals surface area contributed by atoms with Gasteiger partial charge < -0.3 is 10.2 Å². The van der Waals surface area contributed by atoms with Gasteiger partial charge in [-0.05, 0) is 30.7 Å². The molecule has 3 amide bonds. The van der Waals surface area contributed by atoms with Crippen molar-refractivity contribution < 1.29 is 18.4 Å². The number of fused-ring (bicyclic) bond motifs is 3. The summed E-state index contributed by atoms with van der Waals surface area (Å²) in [6.07, 6.45) is 1.94. The second-order valence-electron chi connectivity index (χ2n) is 6.71. The van der Waals surface area contributed by atoms with Crippen molar-refractivity contribution in [1.82, 2.24) is 20.5 Å². The first-order chi connectivity index (χ1) is 14.1. The first-order valence-corrected chi connectivity index (χ1v) is 9.20. The van der Waals surface area contributed by atoms with E-state index in [1.165, 1.54) is 17.2 Å². The zero-order chi connectivity index (χ0) is 20.4. The normalized spacial score (nSPS) is 17.8. The molecule has 4 rings (SSSR count). The number of rotatable bonds is 6. The van der Waals surface area contributed by atoms with E-state index in [2.05, 4.69) is 25.8 Å². The number of pyridine rings is 1. The summed E-state index contributed by atoms with van der Waals surface area (Å²) < 4.78 is 25.4. The van der Waals surface area contributed by atoms with Crippen molar-refractivity contribution in [1.29, 1.82) is 0 Å². The maximum absolute atomic E-state index is 12.9. The number of anilines is 3. The Labute approximate surface area is 165 Å². The Morgan fingerprint density at radius 3 is 2.79 bits per heavy atom. The maximum atomic E-state index is 12.9. The average Bonchev–Trinajstić information content (AvgIpc) is 2.93. The van der Waals surface area contributed by atoms with E-state index >= 15 is 0 Å². The Bertz CT molecular complexity index is 914. The minimum atomic E-state index is -0.918. The molecule has 0 bridgehead atoms. The van der Waals surface area contributed by atoms with Crippen molar-refractivity contribution in [3.05, 3.63) is 36.2 Å². The first-order valence-electron chi connectivity index (χ1n) is 9.20. The van der Waals surface area contributed by atoms with Crippen molar-refractivity contribution in [2.75, 3.05) is 35.0 Å². The zero-order valence-electron chi connectivity index (χ0n) is 15.4. The van der Waals surface area contributed by atoms with Crippen LogP contribution < -0.4 is 20.4 Å². The molecule has 1 unspecified atom stereocenters. The van der Waals surface area contributed by atoms with Crippen molar-refractivity contribution in [3.8, 4) is 0 Å². The van der Waals surface area contributed by atoms with Gasteiger partial charge in [0.2, 0.25) is 0 Å². The number of nitrogens with one attached hydrogen (secondary N) is 2. The van der Waals surface area contributed by atoms with E-state index < -0.39 is 31.3 Å². The smallest absolute Gasteiger partial charge is 0.330 e. The van der Waals surface area contributed by atoms with Gasteiger partial charge in [0.25, 0.3) is 5.91 Å². The van der Waals surface area contributed by atoms with E-state index in [9.17, 15) is 18.4 Å². The summed E-state index contributed by atoms with van der Waals surface area (Å²) in [5.41, 5.74) is 0.763. The molecule has 152 valence electrons. The molecule has 1 fully saturated rings. The third-order valence-corrected chi connectivity index (χ3v) is 4.92. The number of carbonyl (C=O) groups excluding carboxylic acids is 2. The number of alkyl halides is 2. The van der Waals surface area contributed by atoms with Gasteiger partial charge in [-0.2, -0.15) is 5.10 Å². The number of hydrogen-bond donors (Lipinski definition) is 2. The SMILES string of the molecule is O=C(NC(CF)CCF)c1ccc2c(n1)N(C(=O)Nc1cccnn1)[C@H]1CCN21. The Morgan fingerprint density at radius 2 is 2.14 bits per heavy atom. The summed E-state index contributed by atoms with van der Waals surface area (Å²) in [5.74, 6) is 0.0130. The van der Waals surface area contributed by atoms with Gasteiger partial charge in [0, 0.05) is 19.2 Å². The number of carbonyl (C=O) groups is 2. The number of hydrogen-bond acceptors (Lipinski definition) is 6. The van der Waals surface area contributed by atoms with E-state index in [4.69, 9.17) is 0 Å². The highest BCUT2D eigenvalue weighted by atomic mass is 19.1. The number of aromatic nitrogens is 3. The largest absolute Gasteiger partial charge is 0.347 e. The van der Waals surface area contributed by atoms with E-state index in [-0.39, 0.29) is 18.3 Å². The molecular weight excluding hydrogens is 384 g/mol. The summed E-state index contributed by atoms with van der Waals surface area (Å²) >= 11 is 0. The highest BCUT2D eigenvalue weighted by Crippen LogP contribution is 2.44. The minimum absolute atomic E-state index is 0.0286. The minimum Gasteiger partial charge on any atom is -0.347 e. The lowest BCUT2D eigenvalue weighted by Crippen LogP contribution is -2.56. The van der Waals surface area contributed by atoms with Gasteiger partial charge in [0.05, 0.1) is 18.4 Å². The molecular formula is C18H19F2N7O2. The summed E-state index contributed by atoms with van der Waals surface area (Å²) in [5, 5.41) is 12.7. The zero-order valence-corrected chi connectivity index (χ0v) is 15.4. The maximum Gasteiger partial charge on any atom is 0.330 e. The number of amides is 3. The van der Waals surface area contributed by atoms with Crippen LogP contribution in [0.25, 0.3) is 0 Å². The van der Waals surface area contributed by atoms with Gasteiger partial charge in [-0.25, -0.2) is 14.2 Å². The molecule has 0 aliphatic carbocycles. The van der Waals surface area contributed by atoms with Crippen LogP contribution >= 0.6 is 0 Å². The molecule has 0 aromatic carbocycles. The second-order valence-corrected chi connectivity index (χ2v) is 6.71. The van der Waals surface area contributed by atoms with Crippen molar-refractivity contribution in [2.45, 2.75) is 25.0 Å². The van der Waals surface area contributed by atoms with Crippen LogP contribution in [0.1, 0.15) is 23.3 Å². The summed E-state index contributed by atoms with van der Waals surface area (Å²) in [6, 6.07) is 5.12. The van der Waals surface area contributed by atoms with E-state index in [0.717, 1.165) is 18.7 Å². The van der Waals surface area contributed by atoms with Crippen LogP contribution in [0.4, 0.5) is 30.9 Å². The van der Waals surface area contributed by atoms with Gasteiger partial charge in [0.1, 0.15) is 18.5 Å². The Kier molecular flexibility index (Phi) is 5.19. The number of urea groups is 1. The van der Waals surface area contributed by atoms with Crippen LogP contribution in [0.5, 0.6) is 0 Å². The fraction of sp³-hybridized carbons (Fsp3) is 0.389. The standard InChI is InChI=1S/C18H19F2N7O2/c19-7-5-11(10-20)22-17(28)12-3-4-13-16(23-12)27(15-6-9-26(13)15)18(29)24-14-2-1-8-21-25-14/h1-4,8,11,15H,5-7,9-10H2,(H,22,28)(H,24,25,29)/t11?,15-/m0/s1. The molecule has 29 heavy (non-hydrogen) atoms. The quantitative estimate of drug-likeness (QED) is 0.764. The van der Waals surface area contributed by atoms with Gasteiger partial charge in [-0.3, -0.25) is 19.4 Å². The average molecular weight is 403 g/mol. The highest BCUT2D eigenvalue weighted by Gasteiger charge is 2.46. The molecule has 2 aliphatic rings. The van der Waals surface area contributed by atoms with Crippen LogP contribution in [0.3, 0.4) is 0 Å². The number of halogens is 2. The molecule has 2 aromatic rings. The van der Waals surface area contributed by atoms with Crippen molar-refractivity contribution >= 4 is 29.3 Å². The summed E-state index contributed by atoms with van der Waals surface area (Å²) in [4.78, 5) is 33.1. The van der Waals surface area contributed by atoms with E-state index in [1.54, 1.807) is 18.2 Å². The van der Waals surface area contributed by atoms with Gasteiger partial charge in [-0.15, -0.1) is 5.10 Å². The second kappa shape index (κ2) is 7.94. The molecule has 2 N–H and O–H groups in total. The van der Waals surface area contributed by atoms with Crippen LogP contribution in [-0.2, 0) is 0 Å². The Morgan fingerprint density at radius 1 is 1.28 bits per heavy atom. The van der Waals surface area contributed by atoms with Gasteiger partial charge >= 0.3 is 6.03 Å². The lowest BCUT2D eigenvalue weighted by molar-refractivity contribution is 0.0921. The van der Waals surface area contributed by atoms with Gasteiger partial charge in [-0.1, -0.05) is 0 Å². The first kappa shape index (κ1) is 19.0. The van der Waals surface area contributed by atoms with E-state index in [0.29, 0.717) is 11.6 Å². The van der Waals surface area contributed by atoms with Crippen molar-refractivity contribution in [2.24, 2.45) is 0 Å². The molecule has 9 nitrogen and oxygen atoms in total. The molecule has 1 saturated heterocycles. The van der Waals surface area contributed by atoms with Crippen LogP contribution in [0.15, 0.2) is 30.5 Å². The lowest BCUT2D eigenvalue weighted by atomic mass is 10.1. The third-order valence-electron chi connectivity index (χ3n) is 4.92. The van der Waals surface area contributed by atoms with Crippen LogP contribution in [0.2, 0.25) is 0 Å². The molecule has 4 heterocycles. The van der Waals surface area contributed by atoms with Crippen LogP contribution in [0, 0.1) is 0 Å². The lowest BCUT2D eigenvalue weighted by Gasteiger charge is -2.39. The molecule has 0 radical (unpaired) electrons. The molecule has 0 saturated carbocycles. The summed E-state index contributed by atoms with van der Waals surface area (Å²) in [7, 11) is 0. The topological polar surface area (TPSA) is 103 Å². The third kappa shape index (κ3) is 3.55. The molecule has 2 atom stereocenters. The molecule has 11 heteroatoms. The fourth-order valence-electron chi connectivity index (χ4n) is 3.38. The Hall–Kier alpha value is -3.37. The van der Waals surface area contributed by atoms with Gasteiger partial charge in [0.15, 0.2) is 11.6 Å².